The number of allylic oxidation sites excluding steroid dienone is 14. The number of unbranched alkanes of at least 4 members (excludes halogenated alkanes) is 25. The predicted octanol–water partition coefficient (Wildman–Crippen LogP) is 18.8. The Hall–Kier alpha value is -3.41. The van der Waals surface area contributed by atoms with E-state index in [2.05, 4.69) is 93.7 Å². The van der Waals surface area contributed by atoms with Gasteiger partial charge in [0.2, 0.25) is 0 Å². The van der Waals surface area contributed by atoms with Crippen LogP contribution in [0.25, 0.3) is 0 Å². The van der Waals surface area contributed by atoms with Crippen molar-refractivity contribution in [2.75, 3.05) is 13.2 Å². The number of esters is 3. The Kier molecular flexibility index (Phi) is 52.4. The fourth-order valence-corrected chi connectivity index (χ4v) is 7.66. The van der Waals surface area contributed by atoms with Crippen molar-refractivity contribution >= 4 is 17.9 Å². The zero-order chi connectivity index (χ0) is 48.6. The SMILES string of the molecule is CC/C=C\C/C=C\C/C=C\C/C=C\C/C=C\CCC(=O)OC(COC(=O)CCCCCCC/C=C\CCCCCCCCC)COC(=O)CCCCCCCCC/C=C\CCCCCCCC. The van der Waals surface area contributed by atoms with Gasteiger partial charge in [0, 0.05) is 19.3 Å². The second kappa shape index (κ2) is 55.2. The minimum absolute atomic E-state index is 0.111. The quantitative estimate of drug-likeness (QED) is 0.0262. The molecule has 0 spiro atoms. The van der Waals surface area contributed by atoms with Gasteiger partial charge >= 0.3 is 17.9 Å². The zero-order valence-corrected chi connectivity index (χ0v) is 43.9. The molecule has 0 aliphatic heterocycles. The molecule has 0 aromatic carbocycles. The van der Waals surface area contributed by atoms with E-state index in [9.17, 15) is 14.4 Å². The largest absolute Gasteiger partial charge is 0.462 e. The van der Waals surface area contributed by atoms with Gasteiger partial charge in [0.15, 0.2) is 6.10 Å². The Morgan fingerprint density at radius 2 is 0.612 bits per heavy atom. The summed E-state index contributed by atoms with van der Waals surface area (Å²) in [5.41, 5.74) is 0. The molecule has 0 aromatic rings. The van der Waals surface area contributed by atoms with Crippen LogP contribution in [0.2, 0.25) is 0 Å². The lowest BCUT2D eigenvalue weighted by Gasteiger charge is -2.18. The van der Waals surface area contributed by atoms with E-state index in [1.807, 2.05) is 12.2 Å². The van der Waals surface area contributed by atoms with Gasteiger partial charge in [0.05, 0.1) is 0 Å². The van der Waals surface area contributed by atoms with Crippen LogP contribution in [0.5, 0.6) is 0 Å². The molecule has 0 saturated carbocycles. The van der Waals surface area contributed by atoms with Crippen LogP contribution in [0.1, 0.15) is 265 Å². The number of carbonyl (C=O) groups is 3. The maximum atomic E-state index is 12.8. The van der Waals surface area contributed by atoms with Crippen LogP contribution in [0, 0.1) is 0 Å². The summed E-state index contributed by atoms with van der Waals surface area (Å²) in [6, 6.07) is 0. The van der Waals surface area contributed by atoms with Crippen LogP contribution < -0.4 is 0 Å². The van der Waals surface area contributed by atoms with Gasteiger partial charge < -0.3 is 14.2 Å². The molecular weight excluding hydrogens is 829 g/mol. The Morgan fingerprint density at radius 1 is 0.313 bits per heavy atom. The number of carbonyl (C=O) groups excluding carboxylic acids is 3. The Bertz CT molecular complexity index is 1300. The second-order valence-corrected chi connectivity index (χ2v) is 18.5. The van der Waals surface area contributed by atoms with E-state index in [4.69, 9.17) is 14.2 Å². The molecule has 0 amide bonds. The topological polar surface area (TPSA) is 78.9 Å². The first kappa shape index (κ1) is 63.6. The second-order valence-electron chi connectivity index (χ2n) is 18.5. The third-order valence-electron chi connectivity index (χ3n) is 11.9. The standard InChI is InChI=1S/C61H104O6/c1-4-7-10-13-16-19-22-25-28-31-34-36-39-42-45-48-51-54-60(63)66-57-58(67-61(64)55-52-49-46-43-40-37-33-30-27-24-21-18-15-12-9-6-3)56-65-59(62)53-50-47-44-41-38-35-32-29-26-23-20-17-14-11-8-5-2/h9,12,18,21,25,27-30,32,37,40,46,49,58H,4-8,10-11,13-17,19-20,22-24,26,31,33-36,38-39,41-45,47-48,50-57H2,1-3H3/b12-9-,21-18-,28-25-,30-27-,32-29-,40-37-,49-46-. The first-order chi connectivity index (χ1) is 33.0. The molecule has 67 heavy (non-hydrogen) atoms. The molecule has 0 heterocycles. The molecule has 0 N–H and O–H groups in total. The molecule has 384 valence electrons. The van der Waals surface area contributed by atoms with Gasteiger partial charge in [0.25, 0.3) is 0 Å². The van der Waals surface area contributed by atoms with Crippen molar-refractivity contribution in [3.05, 3.63) is 85.1 Å². The van der Waals surface area contributed by atoms with Gasteiger partial charge in [-0.3, -0.25) is 14.4 Å². The summed E-state index contributed by atoms with van der Waals surface area (Å²) in [7, 11) is 0. The third kappa shape index (κ3) is 53.4. The summed E-state index contributed by atoms with van der Waals surface area (Å²) in [6.45, 7) is 6.46. The summed E-state index contributed by atoms with van der Waals surface area (Å²) in [5, 5.41) is 0. The fraction of sp³-hybridized carbons (Fsp3) is 0.721. The summed E-state index contributed by atoms with van der Waals surface area (Å²) in [4.78, 5) is 38.1. The Morgan fingerprint density at radius 3 is 0.970 bits per heavy atom. The molecule has 0 rings (SSSR count). The molecule has 6 nitrogen and oxygen atoms in total. The van der Waals surface area contributed by atoms with Gasteiger partial charge in [-0.25, -0.2) is 0 Å². The van der Waals surface area contributed by atoms with Crippen molar-refractivity contribution in [2.24, 2.45) is 0 Å². The lowest BCUT2D eigenvalue weighted by Crippen LogP contribution is -2.30. The van der Waals surface area contributed by atoms with E-state index in [-0.39, 0.29) is 31.6 Å². The smallest absolute Gasteiger partial charge is 0.306 e. The number of rotatable bonds is 50. The van der Waals surface area contributed by atoms with Crippen LogP contribution in [0.15, 0.2) is 85.1 Å². The number of ether oxygens (including phenoxy) is 3. The van der Waals surface area contributed by atoms with Crippen molar-refractivity contribution in [3.8, 4) is 0 Å². The van der Waals surface area contributed by atoms with Crippen molar-refractivity contribution < 1.29 is 28.6 Å². The van der Waals surface area contributed by atoms with Crippen LogP contribution in [0.4, 0.5) is 0 Å². The van der Waals surface area contributed by atoms with Crippen molar-refractivity contribution in [1.29, 1.82) is 0 Å². The maximum Gasteiger partial charge on any atom is 0.306 e. The highest BCUT2D eigenvalue weighted by atomic mass is 16.6. The summed E-state index contributed by atoms with van der Waals surface area (Å²) in [5.74, 6) is -1.00. The lowest BCUT2D eigenvalue weighted by molar-refractivity contribution is -0.166. The summed E-state index contributed by atoms with van der Waals surface area (Å²) >= 11 is 0. The highest BCUT2D eigenvalue weighted by molar-refractivity contribution is 5.71. The molecule has 0 aliphatic rings. The first-order valence-electron chi connectivity index (χ1n) is 28.1. The molecule has 0 aliphatic carbocycles. The molecule has 0 radical (unpaired) electrons. The highest BCUT2D eigenvalue weighted by Gasteiger charge is 2.19. The average Bonchev–Trinajstić information content (AvgIpc) is 3.33. The van der Waals surface area contributed by atoms with Gasteiger partial charge in [-0.2, -0.15) is 0 Å². The van der Waals surface area contributed by atoms with E-state index in [1.54, 1.807) is 0 Å². The molecule has 6 heteroatoms. The fourth-order valence-electron chi connectivity index (χ4n) is 7.66. The molecule has 0 saturated heterocycles. The molecule has 0 aromatic heterocycles. The van der Waals surface area contributed by atoms with Gasteiger partial charge in [-0.15, -0.1) is 0 Å². The van der Waals surface area contributed by atoms with E-state index < -0.39 is 12.1 Å². The van der Waals surface area contributed by atoms with Gasteiger partial charge in [0.1, 0.15) is 13.2 Å². The van der Waals surface area contributed by atoms with E-state index in [0.717, 1.165) is 83.5 Å². The summed E-state index contributed by atoms with van der Waals surface area (Å²) in [6.07, 6.45) is 71.5. The lowest BCUT2D eigenvalue weighted by atomic mass is 10.1. The molecular formula is C61H104O6. The van der Waals surface area contributed by atoms with E-state index in [1.165, 1.54) is 135 Å². The number of hydrogen-bond donors (Lipinski definition) is 0. The first-order valence-corrected chi connectivity index (χ1v) is 28.1. The normalized spacial score (nSPS) is 12.7. The zero-order valence-electron chi connectivity index (χ0n) is 43.9. The maximum absolute atomic E-state index is 12.8. The monoisotopic (exact) mass is 933 g/mol. The molecule has 0 fully saturated rings. The number of hydrogen-bond acceptors (Lipinski definition) is 6. The van der Waals surface area contributed by atoms with Gasteiger partial charge in [-0.05, 0) is 103 Å². The van der Waals surface area contributed by atoms with E-state index in [0.29, 0.717) is 19.3 Å². The van der Waals surface area contributed by atoms with Crippen LogP contribution in [0.3, 0.4) is 0 Å². The molecule has 1 unspecified atom stereocenters. The average molecular weight is 933 g/mol. The summed E-state index contributed by atoms with van der Waals surface area (Å²) < 4.78 is 16.8. The van der Waals surface area contributed by atoms with Crippen molar-refractivity contribution in [1.82, 2.24) is 0 Å². The Labute approximate surface area is 414 Å². The van der Waals surface area contributed by atoms with Gasteiger partial charge in [-0.1, -0.05) is 228 Å². The van der Waals surface area contributed by atoms with Crippen LogP contribution in [-0.4, -0.2) is 37.2 Å². The molecule has 0 bridgehead atoms. The Balaban J connectivity index is 4.49. The van der Waals surface area contributed by atoms with Crippen LogP contribution in [-0.2, 0) is 28.6 Å². The highest BCUT2D eigenvalue weighted by Crippen LogP contribution is 2.14. The van der Waals surface area contributed by atoms with Crippen molar-refractivity contribution in [3.63, 3.8) is 0 Å². The third-order valence-corrected chi connectivity index (χ3v) is 11.9. The minimum Gasteiger partial charge on any atom is -0.462 e. The molecule has 1 atom stereocenters. The minimum atomic E-state index is -0.821. The van der Waals surface area contributed by atoms with E-state index >= 15 is 0 Å². The predicted molar refractivity (Wildman–Crippen MR) is 288 cm³/mol. The van der Waals surface area contributed by atoms with Crippen LogP contribution >= 0.6 is 0 Å². The van der Waals surface area contributed by atoms with Crippen molar-refractivity contribution in [2.45, 2.75) is 271 Å².